The van der Waals surface area contributed by atoms with Crippen LogP contribution in [0.3, 0.4) is 0 Å². The Morgan fingerprint density at radius 1 is 1.35 bits per heavy atom. The fourth-order valence-corrected chi connectivity index (χ4v) is 3.11. The van der Waals surface area contributed by atoms with Crippen molar-refractivity contribution in [1.29, 1.82) is 0 Å². The number of nitrogens with one attached hydrogen (secondary N) is 1. The SMILES string of the molecule is C[C@@H]1CCCC[C@H]1OCCNC(=O)c1ccccc1Br. The van der Waals surface area contributed by atoms with Gasteiger partial charge >= 0.3 is 0 Å². The predicted molar refractivity (Wildman–Crippen MR) is 83.8 cm³/mol. The monoisotopic (exact) mass is 339 g/mol. The number of carbonyl (C=O) groups is 1. The number of ether oxygens (including phenoxy) is 1. The van der Waals surface area contributed by atoms with Crippen molar-refractivity contribution in [1.82, 2.24) is 5.32 Å². The maximum atomic E-state index is 12.0. The highest BCUT2D eigenvalue weighted by atomic mass is 79.9. The molecule has 1 aliphatic carbocycles. The molecule has 0 bridgehead atoms. The molecule has 1 amide bonds. The number of hydrogen-bond donors (Lipinski definition) is 1. The molecule has 4 heteroatoms. The summed E-state index contributed by atoms with van der Waals surface area (Å²) in [6.45, 7) is 3.40. The van der Waals surface area contributed by atoms with Crippen LogP contribution in [0.15, 0.2) is 28.7 Å². The third kappa shape index (κ3) is 4.32. The van der Waals surface area contributed by atoms with E-state index < -0.39 is 0 Å². The number of amides is 1. The molecular weight excluding hydrogens is 318 g/mol. The van der Waals surface area contributed by atoms with Crippen molar-refractivity contribution in [3.05, 3.63) is 34.3 Å². The van der Waals surface area contributed by atoms with Crippen LogP contribution in [0.5, 0.6) is 0 Å². The lowest BCUT2D eigenvalue weighted by atomic mass is 9.88. The van der Waals surface area contributed by atoms with Gasteiger partial charge in [-0.15, -0.1) is 0 Å². The van der Waals surface area contributed by atoms with Crippen molar-refractivity contribution >= 4 is 21.8 Å². The minimum atomic E-state index is -0.0576. The molecule has 0 saturated heterocycles. The van der Waals surface area contributed by atoms with Gasteiger partial charge in [-0.3, -0.25) is 4.79 Å². The maximum absolute atomic E-state index is 12.0. The first-order valence-corrected chi connectivity index (χ1v) is 8.12. The molecule has 1 aromatic carbocycles. The molecule has 3 nitrogen and oxygen atoms in total. The highest BCUT2D eigenvalue weighted by Crippen LogP contribution is 2.26. The molecular formula is C16H22BrNO2. The van der Waals surface area contributed by atoms with Gasteiger partial charge in [0.2, 0.25) is 0 Å². The minimum Gasteiger partial charge on any atom is -0.376 e. The Morgan fingerprint density at radius 2 is 2.10 bits per heavy atom. The summed E-state index contributed by atoms with van der Waals surface area (Å²) in [5.41, 5.74) is 0.665. The lowest BCUT2D eigenvalue weighted by Gasteiger charge is -2.28. The second-order valence-corrected chi connectivity index (χ2v) is 6.26. The average molecular weight is 340 g/mol. The number of rotatable bonds is 5. The van der Waals surface area contributed by atoms with Crippen molar-refractivity contribution in [2.45, 2.75) is 38.7 Å². The van der Waals surface area contributed by atoms with E-state index in [-0.39, 0.29) is 5.91 Å². The van der Waals surface area contributed by atoms with Crippen molar-refractivity contribution in [3.63, 3.8) is 0 Å². The normalized spacial score (nSPS) is 22.5. The van der Waals surface area contributed by atoms with Crippen LogP contribution in [0, 0.1) is 5.92 Å². The second kappa shape index (κ2) is 7.79. The summed E-state index contributed by atoms with van der Waals surface area (Å²) in [6, 6.07) is 7.44. The first-order chi connectivity index (χ1) is 9.68. The largest absolute Gasteiger partial charge is 0.376 e. The van der Waals surface area contributed by atoms with Gasteiger partial charge < -0.3 is 10.1 Å². The zero-order chi connectivity index (χ0) is 14.4. The van der Waals surface area contributed by atoms with Crippen molar-refractivity contribution < 1.29 is 9.53 Å². The zero-order valence-corrected chi connectivity index (χ0v) is 13.5. The van der Waals surface area contributed by atoms with Gasteiger partial charge in [0.25, 0.3) is 5.91 Å². The molecule has 0 aliphatic heterocycles. The molecule has 0 aromatic heterocycles. The highest BCUT2D eigenvalue weighted by molar-refractivity contribution is 9.10. The minimum absolute atomic E-state index is 0.0576. The van der Waals surface area contributed by atoms with Crippen LogP contribution in [-0.4, -0.2) is 25.2 Å². The van der Waals surface area contributed by atoms with Gasteiger partial charge in [-0.05, 0) is 46.8 Å². The lowest BCUT2D eigenvalue weighted by Crippen LogP contribution is -2.31. The van der Waals surface area contributed by atoms with E-state index in [1.54, 1.807) is 0 Å². The fourth-order valence-electron chi connectivity index (χ4n) is 2.65. The van der Waals surface area contributed by atoms with E-state index in [0.717, 1.165) is 10.9 Å². The molecule has 0 spiro atoms. The second-order valence-electron chi connectivity index (χ2n) is 5.41. The highest BCUT2D eigenvalue weighted by Gasteiger charge is 2.21. The van der Waals surface area contributed by atoms with Crippen molar-refractivity contribution in [2.24, 2.45) is 5.92 Å². The predicted octanol–water partition coefficient (Wildman–Crippen LogP) is 3.77. The molecule has 1 aromatic rings. The molecule has 110 valence electrons. The van der Waals surface area contributed by atoms with Crippen LogP contribution in [0.2, 0.25) is 0 Å². The molecule has 1 fully saturated rings. The molecule has 1 N–H and O–H groups in total. The van der Waals surface area contributed by atoms with Crippen LogP contribution in [0.4, 0.5) is 0 Å². The summed E-state index contributed by atoms with van der Waals surface area (Å²) in [5, 5.41) is 2.90. The topological polar surface area (TPSA) is 38.3 Å². The Kier molecular flexibility index (Phi) is 6.05. The smallest absolute Gasteiger partial charge is 0.252 e. The van der Waals surface area contributed by atoms with E-state index in [2.05, 4.69) is 28.2 Å². The number of carbonyl (C=O) groups excluding carboxylic acids is 1. The molecule has 0 unspecified atom stereocenters. The molecule has 2 atom stereocenters. The van der Waals surface area contributed by atoms with E-state index in [9.17, 15) is 4.79 Å². The Hall–Kier alpha value is -0.870. The maximum Gasteiger partial charge on any atom is 0.252 e. The van der Waals surface area contributed by atoms with Crippen LogP contribution in [0.25, 0.3) is 0 Å². The van der Waals surface area contributed by atoms with Gasteiger partial charge in [0, 0.05) is 11.0 Å². The number of hydrogen-bond acceptors (Lipinski definition) is 2. The Balaban J connectivity index is 1.71. The van der Waals surface area contributed by atoms with Crippen molar-refractivity contribution in [3.8, 4) is 0 Å². The quantitative estimate of drug-likeness (QED) is 0.829. The third-order valence-electron chi connectivity index (χ3n) is 3.87. The summed E-state index contributed by atoms with van der Waals surface area (Å²) in [6.07, 6.45) is 5.36. The van der Waals surface area contributed by atoms with Gasteiger partial charge in [-0.25, -0.2) is 0 Å². The van der Waals surface area contributed by atoms with Gasteiger partial charge in [0.1, 0.15) is 0 Å². The molecule has 0 radical (unpaired) electrons. The summed E-state index contributed by atoms with van der Waals surface area (Å²) >= 11 is 3.38. The summed E-state index contributed by atoms with van der Waals surface area (Å²) < 4.78 is 6.70. The van der Waals surface area contributed by atoms with E-state index in [4.69, 9.17) is 4.74 Å². The van der Waals surface area contributed by atoms with Crippen LogP contribution >= 0.6 is 15.9 Å². The summed E-state index contributed by atoms with van der Waals surface area (Å²) in [7, 11) is 0. The molecule has 2 rings (SSSR count). The van der Waals surface area contributed by atoms with Crippen LogP contribution in [0.1, 0.15) is 43.0 Å². The van der Waals surface area contributed by atoms with Gasteiger partial charge in [0.15, 0.2) is 0 Å². The Bertz CT molecular complexity index is 450. The van der Waals surface area contributed by atoms with Gasteiger partial charge in [-0.1, -0.05) is 31.9 Å². The van der Waals surface area contributed by atoms with E-state index in [1.807, 2.05) is 24.3 Å². The van der Waals surface area contributed by atoms with Gasteiger partial charge in [-0.2, -0.15) is 0 Å². The van der Waals surface area contributed by atoms with Crippen molar-refractivity contribution in [2.75, 3.05) is 13.2 Å². The van der Waals surface area contributed by atoms with E-state index >= 15 is 0 Å². The third-order valence-corrected chi connectivity index (χ3v) is 4.56. The van der Waals surface area contributed by atoms with E-state index in [0.29, 0.717) is 30.7 Å². The molecule has 1 aliphatic rings. The Morgan fingerprint density at radius 3 is 2.85 bits per heavy atom. The zero-order valence-electron chi connectivity index (χ0n) is 11.9. The first-order valence-electron chi connectivity index (χ1n) is 7.33. The fraction of sp³-hybridized carbons (Fsp3) is 0.562. The Labute approximate surface area is 129 Å². The van der Waals surface area contributed by atoms with E-state index in [1.165, 1.54) is 19.3 Å². The molecule has 20 heavy (non-hydrogen) atoms. The standard InChI is InChI=1S/C16H22BrNO2/c1-12-6-2-5-9-15(12)20-11-10-18-16(19)13-7-3-4-8-14(13)17/h3-4,7-8,12,15H,2,5-6,9-11H2,1H3,(H,18,19)/t12-,15-/m1/s1. The summed E-state index contributed by atoms with van der Waals surface area (Å²) in [5.74, 6) is 0.584. The molecule has 1 saturated carbocycles. The van der Waals surface area contributed by atoms with Crippen LogP contribution in [-0.2, 0) is 4.74 Å². The van der Waals surface area contributed by atoms with Gasteiger partial charge in [0.05, 0.1) is 18.3 Å². The average Bonchev–Trinajstić information content (AvgIpc) is 2.45. The van der Waals surface area contributed by atoms with Crippen LogP contribution < -0.4 is 5.32 Å². The number of benzene rings is 1. The first kappa shape index (κ1) is 15.5. The lowest BCUT2D eigenvalue weighted by molar-refractivity contribution is -0.00294. The summed E-state index contributed by atoms with van der Waals surface area (Å²) in [4.78, 5) is 12.0. The molecule has 0 heterocycles. The number of halogens is 1.